The van der Waals surface area contributed by atoms with Gasteiger partial charge in [-0.3, -0.25) is 9.59 Å². The minimum absolute atomic E-state index is 0.0558. The van der Waals surface area contributed by atoms with E-state index < -0.39 is 0 Å². The Morgan fingerprint density at radius 2 is 2.09 bits per heavy atom. The molecule has 1 saturated carbocycles. The van der Waals surface area contributed by atoms with Crippen LogP contribution in [0.15, 0.2) is 30.3 Å². The van der Waals surface area contributed by atoms with Gasteiger partial charge in [0.25, 0.3) is 0 Å². The van der Waals surface area contributed by atoms with E-state index in [4.69, 9.17) is 4.74 Å². The summed E-state index contributed by atoms with van der Waals surface area (Å²) in [5.74, 6) is 0.883. The molecule has 2 amide bonds. The van der Waals surface area contributed by atoms with Gasteiger partial charge in [-0.15, -0.1) is 0 Å². The second-order valence-corrected chi connectivity index (χ2v) is 6.69. The predicted octanol–water partition coefficient (Wildman–Crippen LogP) is 1.97. The van der Waals surface area contributed by atoms with E-state index in [1.807, 2.05) is 30.3 Å². The van der Waals surface area contributed by atoms with Gasteiger partial charge in [0.05, 0.1) is 6.61 Å². The summed E-state index contributed by atoms with van der Waals surface area (Å²) in [6.45, 7) is 3.73. The summed E-state index contributed by atoms with van der Waals surface area (Å²) in [6, 6.07) is 9.36. The van der Waals surface area contributed by atoms with Crippen LogP contribution in [0.5, 0.6) is 5.75 Å². The van der Waals surface area contributed by atoms with E-state index in [1.165, 1.54) is 0 Å². The Kier molecular flexibility index (Phi) is 4.55. The summed E-state index contributed by atoms with van der Waals surface area (Å²) in [4.78, 5) is 25.7. The highest BCUT2D eigenvalue weighted by Crippen LogP contribution is 2.45. The summed E-state index contributed by atoms with van der Waals surface area (Å²) in [5.41, 5.74) is 0.0558. The summed E-state index contributed by atoms with van der Waals surface area (Å²) in [5, 5.41) is 3.01. The van der Waals surface area contributed by atoms with Crippen molar-refractivity contribution in [1.29, 1.82) is 0 Å². The molecule has 0 bridgehead atoms. The SMILES string of the molecule is C[C@H](C(=O)NCC1(COc2ccccc2)CC1)N1CCCC1=O. The second-order valence-electron chi connectivity index (χ2n) is 6.69. The van der Waals surface area contributed by atoms with Gasteiger partial charge < -0.3 is 15.0 Å². The molecule has 0 aromatic heterocycles. The monoisotopic (exact) mass is 316 g/mol. The molecule has 2 fully saturated rings. The van der Waals surface area contributed by atoms with Gasteiger partial charge in [-0.25, -0.2) is 0 Å². The normalized spacial score (nSPS) is 20.2. The molecule has 1 aromatic rings. The van der Waals surface area contributed by atoms with Crippen LogP contribution in [0, 0.1) is 5.41 Å². The topological polar surface area (TPSA) is 58.6 Å². The van der Waals surface area contributed by atoms with E-state index >= 15 is 0 Å². The summed E-state index contributed by atoms with van der Waals surface area (Å²) in [6.07, 6.45) is 3.55. The van der Waals surface area contributed by atoms with Crippen molar-refractivity contribution in [2.75, 3.05) is 19.7 Å². The van der Waals surface area contributed by atoms with Gasteiger partial charge in [0.2, 0.25) is 11.8 Å². The Labute approximate surface area is 137 Å². The van der Waals surface area contributed by atoms with E-state index in [0.29, 0.717) is 26.1 Å². The smallest absolute Gasteiger partial charge is 0.242 e. The number of carbonyl (C=O) groups is 2. The molecule has 23 heavy (non-hydrogen) atoms. The van der Waals surface area contributed by atoms with Crippen LogP contribution in [0.4, 0.5) is 0 Å². The second kappa shape index (κ2) is 6.60. The number of likely N-dealkylation sites (tertiary alicyclic amines) is 1. The van der Waals surface area contributed by atoms with Gasteiger partial charge in [0.1, 0.15) is 11.8 Å². The van der Waals surface area contributed by atoms with Crippen LogP contribution in [0.2, 0.25) is 0 Å². The van der Waals surface area contributed by atoms with E-state index in [-0.39, 0.29) is 23.3 Å². The predicted molar refractivity (Wildman–Crippen MR) is 87.0 cm³/mol. The maximum Gasteiger partial charge on any atom is 0.242 e. The molecule has 0 spiro atoms. The number of rotatable bonds is 7. The standard InChI is InChI=1S/C18H24N2O3/c1-14(20-11-5-8-16(20)21)17(22)19-12-18(9-10-18)13-23-15-6-3-2-4-7-15/h2-4,6-7,14H,5,8-13H2,1H3,(H,19,22)/t14-/m1/s1. The first-order valence-electron chi connectivity index (χ1n) is 8.35. The maximum absolute atomic E-state index is 12.3. The van der Waals surface area contributed by atoms with Gasteiger partial charge in [-0.2, -0.15) is 0 Å². The number of benzene rings is 1. The highest BCUT2D eigenvalue weighted by Gasteiger charge is 2.44. The molecule has 1 aliphatic heterocycles. The molecule has 2 aliphatic rings. The average molecular weight is 316 g/mol. The van der Waals surface area contributed by atoms with Crippen LogP contribution >= 0.6 is 0 Å². The van der Waals surface area contributed by atoms with Crippen LogP contribution in [0.3, 0.4) is 0 Å². The van der Waals surface area contributed by atoms with Crippen molar-refractivity contribution in [3.05, 3.63) is 30.3 Å². The van der Waals surface area contributed by atoms with Crippen molar-refractivity contribution < 1.29 is 14.3 Å². The van der Waals surface area contributed by atoms with Crippen LogP contribution in [-0.2, 0) is 9.59 Å². The summed E-state index contributed by atoms with van der Waals surface area (Å²) >= 11 is 0. The molecule has 5 nitrogen and oxygen atoms in total. The van der Waals surface area contributed by atoms with Gasteiger partial charge in [-0.1, -0.05) is 18.2 Å². The molecule has 1 heterocycles. The third-order valence-electron chi connectivity index (χ3n) is 4.84. The Hall–Kier alpha value is -2.04. The van der Waals surface area contributed by atoms with Crippen molar-refractivity contribution in [3.8, 4) is 5.75 Å². The third-order valence-corrected chi connectivity index (χ3v) is 4.84. The molecule has 1 N–H and O–H groups in total. The van der Waals surface area contributed by atoms with Gasteiger partial charge in [0, 0.05) is 24.9 Å². The lowest BCUT2D eigenvalue weighted by Gasteiger charge is -2.24. The fraction of sp³-hybridized carbons (Fsp3) is 0.556. The fourth-order valence-corrected chi connectivity index (χ4v) is 2.94. The lowest BCUT2D eigenvalue weighted by Crippen LogP contribution is -2.47. The first-order chi connectivity index (χ1) is 11.1. The van der Waals surface area contributed by atoms with Crippen LogP contribution in [-0.4, -0.2) is 42.5 Å². The number of hydrogen-bond donors (Lipinski definition) is 1. The molecule has 5 heteroatoms. The largest absolute Gasteiger partial charge is 0.493 e. The molecule has 1 aromatic carbocycles. The van der Waals surface area contributed by atoms with Gasteiger partial charge >= 0.3 is 0 Å². The summed E-state index contributed by atoms with van der Waals surface area (Å²) < 4.78 is 5.83. The minimum atomic E-state index is -0.379. The summed E-state index contributed by atoms with van der Waals surface area (Å²) in [7, 11) is 0. The van der Waals surface area contributed by atoms with Crippen molar-refractivity contribution in [1.82, 2.24) is 10.2 Å². The molecule has 1 saturated heterocycles. The molecule has 124 valence electrons. The highest BCUT2D eigenvalue weighted by atomic mass is 16.5. The van der Waals surface area contributed by atoms with E-state index in [9.17, 15) is 9.59 Å². The zero-order valence-electron chi connectivity index (χ0n) is 13.6. The average Bonchev–Trinajstić information content (AvgIpc) is 3.23. The van der Waals surface area contributed by atoms with E-state index in [1.54, 1.807) is 11.8 Å². The third kappa shape index (κ3) is 3.84. The number of carbonyl (C=O) groups excluding carboxylic acids is 2. The Morgan fingerprint density at radius 1 is 1.35 bits per heavy atom. The number of nitrogens with one attached hydrogen (secondary N) is 1. The molecule has 0 unspecified atom stereocenters. The zero-order valence-corrected chi connectivity index (χ0v) is 13.6. The number of ether oxygens (including phenoxy) is 1. The molecule has 1 aliphatic carbocycles. The van der Waals surface area contributed by atoms with E-state index in [0.717, 1.165) is 25.0 Å². The first kappa shape index (κ1) is 15.8. The van der Waals surface area contributed by atoms with Crippen molar-refractivity contribution in [3.63, 3.8) is 0 Å². The maximum atomic E-state index is 12.3. The zero-order chi connectivity index (χ0) is 16.3. The van der Waals surface area contributed by atoms with Gasteiger partial charge in [-0.05, 0) is 38.3 Å². The lowest BCUT2D eigenvalue weighted by atomic mass is 10.1. The first-order valence-corrected chi connectivity index (χ1v) is 8.35. The van der Waals surface area contributed by atoms with E-state index in [2.05, 4.69) is 5.32 Å². The Bertz CT molecular complexity index is 569. The van der Waals surface area contributed by atoms with Crippen LogP contribution in [0.25, 0.3) is 0 Å². The molecule has 3 rings (SSSR count). The number of nitrogens with zero attached hydrogens (tertiary/aromatic N) is 1. The number of para-hydroxylation sites is 1. The Morgan fingerprint density at radius 3 is 2.70 bits per heavy atom. The van der Waals surface area contributed by atoms with Crippen molar-refractivity contribution >= 4 is 11.8 Å². The minimum Gasteiger partial charge on any atom is -0.493 e. The van der Waals surface area contributed by atoms with Crippen molar-refractivity contribution in [2.24, 2.45) is 5.41 Å². The van der Waals surface area contributed by atoms with Crippen LogP contribution in [0.1, 0.15) is 32.6 Å². The lowest BCUT2D eigenvalue weighted by molar-refractivity contribution is -0.136. The molecular weight excluding hydrogens is 292 g/mol. The highest BCUT2D eigenvalue weighted by molar-refractivity contribution is 5.88. The number of hydrogen-bond acceptors (Lipinski definition) is 3. The molecule has 1 atom stereocenters. The molecule has 0 radical (unpaired) electrons. The Balaban J connectivity index is 1.45. The van der Waals surface area contributed by atoms with Crippen LogP contribution < -0.4 is 10.1 Å². The quantitative estimate of drug-likeness (QED) is 0.837. The fourth-order valence-electron chi connectivity index (χ4n) is 2.94. The van der Waals surface area contributed by atoms with Crippen molar-refractivity contribution in [2.45, 2.75) is 38.6 Å². The number of amides is 2. The van der Waals surface area contributed by atoms with Gasteiger partial charge in [0.15, 0.2) is 0 Å². The molecular formula is C18H24N2O3.